The van der Waals surface area contributed by atoms with Gasteiger partial charge in [0.15, 0.2) is 0 Å². The van der Waals surface area contributed by atoms with Crippen LogP contribution >= 0.6 is 37.2 Å². The molecule has 0 unspecified atom stereocenters. The van der Waals surface area contributed by atoms with Gasteiger partial charge in [0.2, 0.25) is 0 Å². The van der Waals surface area contributed by atoms with E-state index in [1.165, 1.54) is 0 Å². The Morgan fingerprint density at radius 3 is 1.70 bits per heavy atom. The van der Waals surface area contributed by atoms with Gasteiger partial charge in [0.25, 0.3) is 0 Å². The van der Waals surface area contributed by atoms with Gasteiger partial charge in [0, 0.05) is 0 Å². The summed E-state index contributed by atoms with van der Waals surface area (Å²) in [6, 6.07) is 0. The summed E-state index contributed by atoms with van der Waals surface area (Å²) >= 11 is 0. The van der Waals surface area contributed by atoms with Crippen LogP contribution in [0.1, 0.15) is 6.42 Å². The smallest absolute Gasteiger partial charge is 0.358 e. The summed E-state index contributed by atoms with van der Waals surface area (Å²) in [5.74, 6) is 0. The number of hydrogen-bond acceptors (Lipinski definition) is 0. The summed E-state index contributed by atoms with van der Waals surface area (Å²) in [7, 11) is 0. The van der Waals surface area contributed by atoms with Crippen LogP contribution in [-0.4, -0.2) is 0 Å². The van der Waals surface area contributed by atoms with E-state index < -0.39 is 0 Å². The van der Waals surface area contributed by atoms with E-state index in [1.54, 1.807) is 0 Å². The Kier molecular flexibility index (Phi) is 68.0. The van der Waals surface area contributed by atoms with Crippen molar-refractivity contribution in [1.82, 2.24) is 0 Å². The van der Waals surface area contributed by atoms with Gasteiger partial charge >= 0.3 is 26.2 Å². The Morgan fingerprint density at radius 1 is 1.10 bits per heavy atom. The van der Waals surface area contributed by atoms with Gasteiger partial charge in [-0.15, -0.1) is 43.6 Å². The molecular formula is C6H11Cl3Zr. The minimum atomic E-state index is 0. The van der Waals surface area contributed by atoms with Crippen molar-refractivity contribution in [1.29, 1.82) is 0 Å². The third-order valence-electron chi connectivity index (χ3n) is 0.586. The second kappa shape index (κ2) is 22.5. The molecular weight excluding hydrogens is 270 g/mol. The molecule has 0 nitrogen and oxygen atoms in total. The molecule has 0 saturated heterocycles. The standard InChI is InChI=1S/C5H5.CH3.3ClH.Zr/c1-2-4-5-3-1;;;;;/h1-3H,4H2;1H3;3*1H;/q2*-1;;;;+2. The topological polar surface area (TPSA) is 0 Å². The first-order valence-electron chi connectivity index (χ1n) is 1.72. The van der Waals surface area contributed by atoms with Crippen molar-refractivity contribution in [3.05, 3.63) is 31.7 Å². The Morgan fingerprint density at radius 2 is 1.60 bits per heavy atom. The SMILES string of the molecule is Cl.Cl.Cl.[C-]1=CC=CC1.[CH3-].[Zr+2]. The van der Waals surface area contributed by atoms with Crippen molar-refractivity contribution in [2.24, 2.45) is 0 Å². The van der Waals surface area contributed by atoms with E-state index in [-0.39, 0.29) is 70.9 Å². The van der Waals surface area contributed by atoms with E-state index in [0.29, 0.717) is 0 Å². The van der Waals surface area contributed by atoms with Gasteiger partial charge in [-0.2, -0.15) is 6.08 Å². The maximum atomic E-state index is 2.99. The zero-order chi connectivity index (χ0) is 3.54. The molecule has 0 radical (unpaired) electrons. The van der Waals surface area contributed by atoms with E-state index in [9.17, 15) is 0 Å². The molecule has 0 N–H and O–H groups in total. The predicted molar refractivity (Wildman–Crippen MR) is 49.7 cm³/mol. The fourth-order valence-corrected chi connectivity index (χ4v) is 0.340. The predicted octanol–water partition coefficient (Wildman–Crippen LogP) is 3.02. The molecule has 0 aromatic rings. The quantitative estimate of drug-likeness (QED) is 0.599. The summed E-state index contributed by atoms with van der Waals surface area (Å²) in [5, 5.41) is 0. The van der Waals surface area contributed by atoms with Crippen molar-refractivity contribution < 1.29 is 26.2 Å². The van der Waals surface area contributed by atoms with Crippen molar-refractivity contribution in [3.63, 3.8) is 0 Å². The van der Waals surface area contributed by atoms with Crippen molar-refractivity contribution in [3.8, 4) is 0 Å². The normalized spacial score (nSPS) is 8.80. The van der Waals surface area contributed by atoms with Crippen LogP contribution in [0.25, 0.3) is 0 Å². The van der Waals surface area contributed by atoms with Gasteiger partial charge in [-0.3, -0.25) is 6.08 Å². The molecule has 10 heavy (non-hydrogen) atoms. The van der Waals surface area contributed by atoms with Gasteiger partial charge in [-0.1, -0.05) is 0 Å². The van der Waals surface area contributed by atoms with Gasteiger partial charge in [-0.05, 0) is 0 Å². The Labute approximate surface area is 101 Å². The van der Waals surface area contributed by atoms with Crippen LogP contribution in [0.2, 0.25) is 0 Å². The van der Waals surface area contributed by atoms with Gasteiger partial charge in [-0.25, -0.2) is 12.2 Å². The third-order valence-corrected chi connectivity index (χ3v) is 0.586. The first-order valence-corrected chi connectivity index (χ1v) is 1.72. The van der Waals surface area contributed by atoms with Crippen LogP contribution in [0.15, 0.2) is 18.2 Å². The monoisotopic (exact) mass is 278 g/mol. The molecule has 1 rings (SSSR count). The maximum Gasteiger partial charge on any atom is 2.00 e. The second-order valence-electron chi connectivity index (χ2n) is 1.00. The molecule has 0 amide bonds. The van der Waals surface area contributed by atoms with Crippen LogP contribution in [0, 0.1) is 13.5 Å². The largest absolute Gasteiger partial charge is 2.00 e. The van der Waals surface area contributed by atoms with Crippen LogP contribution in [0.3, 0.4) is 0 Å². The number of rotatable bonds is 0. The summed E-state index contributed by atoms with van der Waals surface area (Å²) in [6.45, 7) is 0. The molecule has 0 spiro atoms. The zero-order valence-electron chi connectivity index (χ0n) is 5.66. The Balaban J connectivity index is -0.0000000167. The van der Waals surface area contributed by atoms with E-state index >= 15 is 0 Å². The first kappa shape index (κ1) is 30.3. The van der Waals surface area contributed by atoms with Gasteiger partial charge in [0.05, 0.1) is 0 Å². The van der Waals surface area contributed by atoms with Crippen LogP contribution in [0.4, 0.5) is 0 Å². The molecule has 0 fully saturated rings. The van der Waals surface area contributed by atoms with E-state index in [0.717, 1.165) is 6.42 Å². The average molecular weight is 281 g/mol. The van der Waals surface area contributed by atoms with Gasteiger partial charge < -0.3 is 7.43 Å². The van der Waals surface area contributed by atoms with Crippen LogP contribution in [-0.2, 0) is 26.2 Å². The van der Waals surface area contributed by atoms with E-state index in [4.69, 9.17) is 0 Å². The molecule has 4 heteroatoms. The molecule has 0 bridgehead atoms. The second-order valence-corrected chi connectivity index (χ2v) is 1.00. The van der Waals surface area contributed by atoms with E-state index in [1.807, 2.05) is 12.2 Å². The molecule has 0 aromatic heterocycles. The molecule has 0 heterocycles. The molecule has 0 atom stereocenters. The van der Waals surface area contributed by atoms with Crippen LogP contribution in [0.5, 0.6) is 0 Å². The van der Waals surface area contributed by atoms with Crippen LogP contribution < -0.4 is 0 Å². The third kappa shape index (κ3) is 16.1. The molecule has 0 saturated carbocycles. The summed E-state index contributed by atoms with van der Waals surface area (Å²) in [4.78, 5) is 0. The van der Waals surface area contributed by atoms with Crippen molar-refractivity contribution in [2.75, 3.05) is 0 Å². The molecule has 0 aliphatic heterocycles. The van der Waals surface area contributed by atoms with Crippen molar-refractivity contribution in [2.45, 2.75) is 6.42 Å². The zero-order valence-corrected chi connectivity index (χ0v) is 10.6. The minimum absolute atomic E-state index is 0. The fourth-order valence-electron chi connectivity index (χ4n) is 0.340. The number of allylic oxidation sites excluding steroid dienone is 4. The molecule has 1 aliphatic carbocycles. The maximum absolute atomic E-state index is 2.99. The average Bonchev–Trinajstić information content (AvgIpc) is 1.76. The summed E-state index contributed by atoms with van der Waals surface area (Å²) in [5.41, 5.74) is 0. The Hall–Kier alpha value is 1.23. The van der Waals surface area contributed by atoms with Gasteiger partial charge in [0.1, 0.15) is 0 Å². The number of halogens is 3. The first-order chi connectivity index (χ1) is 2.50. The fraction of sp³-hybridized carbons (Fsp3) is 0.167. The molecule has 60 valence electrons. The Bertz CT molecular complexity index is 71.1. The minimum Gasteiger partial charge on any atom is -0.358 e. The number of hydrogen-bond donors (Lipinski definition) is 0. The van der Waals surface area contributed by atoms with E-state index in [2.05, 4.69) is 12.2 Å². The van der Waals surface area contributed by atoms with Crippen molar-refractivity contribution >= 4 is 37.2 Å². The molecule has 1 aliphatic rings. The summed E-state index contributed by atoms with van der Waals surface area (Å²) in [6.07, 6.45) is 10.0. The molecule has 0 aromatic carbocycles. The summed E-state index contributed by atoms with van der Waals surface area (Å²) < 4.78 is 0.